The number of nitrogens with one attached hydrogen (secondary N) is 1. The van der Waals surface area contributed by atoms with Crippen LogP contribution in [0.15, 0.2) is 58.3 Å². The second-order valence-corrected chi connectivity index (χ2v) is 10.7. The number of methoxy groups -OCH3 is 1. The maximum Gasteiger partial charge on any atom is 0.327 e. The van der Waals surface area contributed by atoms with Crippen molar-refractivity contribution >= 4 is 33.4 Å². The minimum Gasteiger partial charge on any atom is -0.468 e. The maximum absolute atomic E-state index is 13.3. The molecule has 2 aromatic carbocycles. The van der Waals surface area contributed by atoms with E-state index in [-0.39, 0.29) is 29.9 Å². The third kappa shape index (κ3) is 3.68. The van der Waals surface area contributed by atoms with Crippen molar-refractivity contribution in [3.05, 3.63) is 64.2 Å². The van der Waals surface area contributed by atoms with Crippen molar-refractivity contribution in [1.82, 2.24) is 9.62 Å². The van der Waals surface area contributed by atoms with Crippen LogP contribution < -0.4 is 5.32 Å². The average molecular weight is 478 g/mol. The lowest BCUT2D eigenvalue weighted by molar-refractivity contribution is -0.387. The van der Waals surface area contributed by atoms with E-state index >= 15 is 0 Å². The van der Waals surface area contributed by atoms with Gasteiger partial charge in [0, 0.05) is 36.0 Å². The van der Waals surface area contributed by atoms with Crippen LogP contribution in [0, 0.1) is 16.0 Å². The number of benzene rings is 2. The van der Waals surface area contributed by atoms with Gasteiger partial charge in [-0.05, 0) is 36.4 Å². The first kappa shape index (κ1) is 22.7. The highest BCUT2D eigenvalue weighted by Crippen LogP contribution is 2.45. The zero-order valence-corrected chi connectivity index (χ0v) is 19.2. The second-order valence-electron chi connectivity index (χ2n) is 7.89. The van der Waals surface area contributed by atoms with E-state index in [4.69, 9.17) is 4.74 Å². The van der Waals surface area contributed by atoms with Crippen molar-refractivity contribution in [2.45, 2.75) is 27.8 Å². The smallest absolute Gasteiger partial charge is 0.327 e. The summed E-state index contributed by atoms with van der Waals surface area (Å²) in [7, 11) is -2.91. The summed E-state index contributed by atoms with van der Waals surface area (Å²) in [6.07, 6.45) is 2.53. The predicted molar refractivity (Wildman–Crippen MR) is 119 cm³/mol. The van der Waals surface area contributed by atoms with Crippen LogP contribution in [-0.2, 0) is 19.6 Å². The van der Waals surface area contributed by atoms with Gasteiger partial charge in [0.25, 0.3) is 5.69 Å². The molecule has 11 heteroatoms. The molecule has 3 atom stereocenters. The van der Waals surface area contributed by atoms with Crippen LogP contribution >= 0.6 is 11.8 Å². The van der Waals surface area contributed by atoms with E-state index in [1.807, 2.05) is 30.5 Å². The first-order valence-electron chi connectivity index (χ1n) is 9.96. The number of hydrogen-bond donors (Lipinski definition) is 1. The molecular weight excluding hydrogens is 454 g/mol. The fourth-order valence-electron chi connectivity index (χ4n) is 4.64. The normalized spacial score (nSPS) is 25.4. The van der Waals surface area contributed by atoms with Gasteiger partial charge in [0.05, 0.1) is 12.0 Å². The molecule has 2 fully saturated rings. The highest BCUT2D eigenvalue weighted by molar-refractivity contribution is 7.98. The van der Waals surface area contributed by atoms with Crippen LogP contribution in [0.1, 0.15) is 18.0 Å². The second kappa shape index (κ2) is 8.47. The number of sulfonamides is 1. The third-order valence-electron chi connectivity index (χ3n) is 6.25. The molecule has 0 unspecified atom stereocenters. The van der Waals surface area contributed by atoms with Gasteiger partial charge in [-0.15, -0.1) is 11.8 Å². The number of fused-ring (bicyclic) bond motifs is 1. The number of thioether (sulfide) groups is 1. The van der Waals surface area contributed by atoms with Gasteiger partial charge in [-0.25, -0.2) is 13.2 Å². The number of ether oxygens (including phenoxy) is 1. The lowest BCUT2D eigenvalue weighted by Crippen LogP contribution is -2.54. The molecule has 0 spiro atoms. The Morgan fingerprint density at radius 2 is 1.94 bits per heavy atom. The highest BCUT2D eigenvalue weighted by Gasteiger charge is 2.60. The van der Waals surface area contributed by atoms with Gasteiger partial charge in [0.15, 0.2) is 4.90 Å². The summed E-state index contributed by atoms with van der Waals surface area (Å²) >= 11 is 1.63. The molecule has 1 N–H and O–H groups in total. The molecule has 4 rings (SSSR count). The first-order valence-corrected chi connectivity index (χ1v) is 12.6. The SMILES string of the molecule is COC(=O)[C@]12CN(S(=O)(=O)c3ccccc3[N+](=O)[O-])C[C@H]1C[C@H](c1ccc(SC)cc1)N2. The molecule has 2 aliphatic heterocycles. The molecule has 0 bridgehead atoms. The Labute approximate surface area is 190 Å². The largest absolute Gasteiger partial charge is 0.468 e. The monoisotopic (exact) mass is 477 g/mol. The van der Waals surface area contributed by atoms with Crippen molar-refractivity contribution in [3.63, 3.8) is 0 Å². The molecule has 9 nitrogen and oxygen atoms in total. The number of esters is 1. The Kier molecular flexibility index (Phi) is 6.01. The number of nitro benzene ring substituents is 1. The molecule has 0 aliphatic carbocycles. The molecule has 32 heavy (non-hydrogen) atoms. The van der Waals surface area contributed by atoms with Crippen LogP contribution in [0.2, 0.25) is 0 Å². The fraction of sp³-hybridized carbons (Fsp3) is 0.381. The van der Waals surface area contributed by atoms with Gasteiger partial charge in [0.1, 0.15) is 5.54 Å². The summed E-state index contributed by atoms with van der Waals surface area (Å²) in [5.74, 6) is -0.872. The topological polar surface area (TPSA) is 119 Å². The lowest BCUT2D eigenvalue weighted by atomic mass is 9.88. The average Bonchev–Trinajstić information content (AvgIpc) is 3.35. The van der Waals surface area contributed by atoms with Gasteiger partial charge in [-0.1, -0.05) is 24.3 Å². The number of nitrogens with zero attached hydrogens (tertiary/aromatic N) is 2. The molecular formula is C21H23N3O6S2. The Balaban J connectivity index is 1.65. The van der Waals surface area contributed by atoms with Gasteiger partial charge in [0.2, 0.25) is 10.0 Å². The third-order valence-corrected chi connectivity index (χ3v) is 8.85. The minimum atomic E-state index is -4.19. The summed E-state index contributed by atoms with van der Waals surface area (Å²) in [6.45, 7) is -0.0893. The number of rotatable bonds is 6. The first-order chi connectivity index (χ1) is 15.2. The van der Waals surface area contributed by atoms with E-state index < -0.39 is 32.1 Å². The van der Waals surface area contributed by atoms with Gasteiger partial charge in [-0.3, -0.25) is 15.4 Å². The number of carbonyl (C=O) groups excluding carboxylic acids is 1. The Morgan fingerprint density at radius 3 is 2.56 bits per heavy atom. The van der Waals surface area contributed by atoms with Gasteiger partial charge >= 0.3 is 5.97 Å². The summed E-state index contributed by atoms with van der Waals surface area (Å²) in [5, 5.41) is 14.7. The van der Waals surface area contributed by atoms with Crippen molar-refractivity contribution in [3.8, 4) is 0 Å². The van der Waals surface area contributed by atoms with E-state index in [9.17, 15) is 23.3 Å². The lowest BCUT2D eigenvalue weighted by Gasteiger charge is -2.27. The molecule has 2 aromatic rings. The van der Waals surface area contributed by atoms with Crippen molar-refractivity contribution in [2.24, 2.45) is 5.92 Å². The quantitative estimate of drug-likeness (QED) is 0.292. The molecule has 2 aliphatic rings. The van der Waals surface area contributed by atoms with Crippen LogP contribution in [0.25, 0.3) is 0 Å². The van der Waals surface area contributed by atoms with Crippen LogP contribution in [0.4, 0.5) is 5.69 Å². The zero-order chi connectivity index (χ0) is 23.1. The van der Waals surface area contributed by atoms with E-state index in [2.05, 4.69) is 5.32 Å². The van der Waals surface area contributed by atoms with E-state index in [1.165, 1.54) is 25.3 Å². The maximum atomic E-state index is 13.3. The molecule has 0 aromatic heterocycles. The standard InChI is InChI=1S/C21H23N3O6S2/c1-30-20(25)21-13-23(32(28,29)19-6-4-3-5-18(19)24(26)27)12-15(21)11-17(22-21)14-7-9-16(31-2)10-8-14/h3-10,15,17,22H,11-13H2,1-2H3/t15-,17-,21+/m1/s1. The van der Waals surface area contributed by atoms with Crippen molar-refractivity contribution < 1.29 is 22.9 Å². The molecule has 2 heterocycles. The fourth-order valence-corrected chi connectivity index (χ4v) is 6.74. The van der Waals surface area contributed by atoms with Crippen molar-refractivity contribution in [1.29, 1.82) is 0 Å². The molecule has 0 saturated carbocycles. The van der Waals surface area contributed by atoms with Crippen LogP contribution in [-0.4, -0.2) is 55.6 Å². The van der Waals surface area contributed by atoms with Gasteiger partial charge in [-0.2, -0.15) is 4.31 Å². The molecule has 2 saturated heterocycles. The number of para-hydroxylation sites is 1. The Morgan fingerprint density at radius 1 is 1.25 bits per heavy atom. The summed E-state index contributed by atoms with van der Waals surface area (Å²) in [4.78, 5) is 24.3. The Bertz CT molecular complexity index is 1150. The van der Waals surface area contributed by atoms with E-state index in [0.717, 1.165) is 20.8 Å². The number of carbonyl (C=O) groups is 1. The van der Waals surface area contributed by atoms with Gasteiger partial charge < -0.3 is 4.74 Å². The van der Waals surface area contributed by atoms with Crippen LogP contribution in [0.3, 0.4) is 0 Å². The summed E-state index contributed by atoms with van der Waals surface area (Å²) < 4.78 is 32.8. The predicted octanol–water partition coefficient (Wildman–Crippen LogP) is 2.58. The highest BCUT2D eigenvalue weighted by atomic mass is 32.2. The van der Waals surface area contributed by atoms with Crippen LogP contribution in [0.5, 0.6) is 0 Å². The van der Waals surface area contributed by atoms with E-state index in [1.54, 1.807) is 11.8 Å². The number of hydrogen-bond acceptors (Lipinski definition) is 8. The molecule has 0 radical (unpaired) electrons. The molecule has 0 amide bonds. The summed E-state index contributed by atoms with van der Waals surface area (Å²) in [6, 6.07) is 13.1. The van der Waals surface area contributed by atoms with Crippen molar-refractivity contribution in [2.75, 3.05) is 26.5 Å². The van der Waals surface area contributed by atoms with E-state index in [0.29, 0.717) is 6.42 Å². The Hall–Kier alpha value is -2.47. The minimum absolute atomic E-state index is 0.0654. The number of nitro groups is 1. The zero-order valence-electron chi connectivity index (χ0n) is 17.6. The summed E-state index contributed by atoms with van der Waals surface area (Å²) in [5.41, 5.74) is -0.696. The molecule has 170 valence electrons.